The molecule has 1 N–H and O–H groups in total. The van der Waals surface area contributed by atoms with Crippen molar-refractivity contribution in [1.82, 2.24) is 5.32 Å². The summed E-state index contributed by atoms with van der Waals surface area (Å²) >= 11 is 0. The quantitative estimate of drug-likeness (QED) is 0.553. The number of hydrogen-bond acceptors (Lipinski definition) is 1. The fourth-order valence-electron chi connectivity index (χ4n) is 1.58. The zero-order valence-corrected chi connectivity index (χ0v) is 9.03. The van der Waals surface area contributed by atoms with Crippen molar-refractivity contribution in [2.75, 3.05) is 13.6 Å². The normalized spacial score (nSPS) is 13.2. The predicted octanol–water partition coefficient (Wildman–Crippen LogP) is 3.20. The Morgan fingerprint density at radius 1 is 1.08 bits per heavy atom. The van der Waals surface area contributed by atoms with E-state index in [1.54, 1.807) is 0 Å². The SMILES string of the molecule is CCCCCC(CC)CCNC. The summed E-state index contributed by atoms with van der Waals surface area (Å²) in [7, 11) is 2.04. The second-order valence-electron chi connectivity index (χ2n) is 3.66. The molecule has 1 atom stereocenters. The number of nitrogens with one attached hydrogen (secondary N) is 1. The van der Waals surface area contributed by atoms with E-state index in [0.717, 1.165) is 5.92 Å². The number of hydrogen-bond donors (Lipinski definition) is 1. The molecular weight excluding hydrogens is 146 g/mol. The minimum absolute atomic E-state index is 0.962. The molecule has 0 aromatic carbocycles. The Kier molecular flexibility index (Phi) is 9.02. The average molecular weight is 171 g/mol. The molecule has 0 saturated carbocycles. The maximum absolute atomic E-state index is 3.22. The lowest BCUT2D eigenvalue weighted by Gasteiger charge is -2.13. The maximum Gasteiger partial charge on any atom is -0.00493 e. The standard InChI is InChI=1S/C11H25N/c1-4-6-7-8-11(5-2)9-10-12-3/h11-12H,4-10H2,1-3H3. The molecule has 1 heteroatoms. The second-order valence-corrected chi connectivity index (χ2v) is 3.66. The Hall–Kier alpha value is -0.0400. The molecule has 0 spiro atoms. The van der Waals surface area contributed by atoms with Gasteiger partial charge >= 0.3 is 0 Å². The molecule has 0 aliphatic carbocycles. The molecule has 0 radical (unpaired) electrons. The molecule has 0 aliphatic heterocycles. The molecule has 0 rings (SSSR count). The van der Waals surface area contributed by atoms with Crippen molar-refractivity contribution in [2.24, 2.45) is 5.92 Å². The maximum atomic E-state index is 3.22. The largest absolute Gasteiger partial charge is 0.320 e. The van der Waals surface area contributed by atoms with Crippen molar-refractivity contribution < 1.29 is 0 Å². The van der Waals surface area contributed by atoms with E-state index in [0.29, 0.717) is 0 Å². The Bertz CT molecular complexity index is 81.1. The van der Waals surface area contributed by atoms with Crippen LogP contribution in [0.25, 0.3) is 0 Å². The van der Waals surface area contributed by atoms with Gasteiger partial charge in [0.1, 0.15) is 0 Å². The summed E-state index contributed by atoms with van der Waals surface area (Å²) in [4.78, 5) is 0. The first-order valence-electron chi connectivity index (χ1n) is 5.49. The van der Waals surface area contributed by atoms with Gasteiger partial charge in [0.25, 0.3) is 0 Å². The zero-order valence-electron chi connectivity index (χ0n) is 9.03. The third kappa shape index (κ3) is 6.66. The average Bonchev–Trinajstić information content (AvgIpc) is 2.11. The molecule has 74 valence electrons. The summed E-state index contributed by atoms with van der Waals surface area (Å²) in [6, 6.07) is 0. The highest BCUT2D eigenvalue weighted by Crippen LogP contribution is 2.16. The van der Waals surface area contributed by atoms with Crippen molar-refractivity contribution >= 4 is 0 Å². The van der Waals surface area contributed by atoms with Gasteiger partial charge < -0.3 is 5.32 Å². The molecule has 0 amide bonds. The van der Waals surface area contributed by atoms with Crippen LogP contribution >= 0.6 is 0 Å². The van der Waals surface area contributed by atoms with Gasteiger partial charge in [-0.2, -0.15) is 0 Å². The van der Waals surface area contributed by atoms with E-state index >= 15 is 0 Å². The van der Waals surface area contributed by atoms with Gasteiger partial charge in [-0.25, -0.2) is 0 Å². The van der Waals surface area contributed by atoms with Crippen molar-refractivity contribution in [3.05, 3.63) is 0 Å². The molecule has 0 heterocycles. The van der Waals surface area contributed by atoms with Crippen LogP contribution in [0.15, 0.2) is 0 Å². The summed E-state index contributed by atoms with van der Waals surface area (Å²) < 4.78 is 0. The van der Waals surface area contributed by atoms with Crippen LogP contribution < -0.4 is 5.32 Å². The minimum atomic E-state index is 0.962. The van der Waals surface area contributed by atoms with Crippen LogP contribution in [0.4, 0.5) is 0 Å². The van der Waals surface area contributed by atoms with Crippen LogP contribution in [-0.2, 0) is 0 Å². The van der Waals surface area contributed by atoms with Crippen LogP contribution in [0.1, 0.15) is 52.4 Å². The topological polar surface area (TPSA) is 12.0 Å². The summed E-state index contributed by atoms with van der Waals surface area (Å²) in [5.74, 6) is 0.962. The third-order valence-electron chi connectivity index (χ3n) is 2.60. The lowest BCUT2D eigenvalue weighted by atomic mass is 9.95. The molecule has 0 bridgehead atoms. The summed E-state index contributed by atoms with van der Waals surface area (Å²) in [6.45, 7) is 5.77. The Morgan fingerprint density at radius 3 is 2.33 bits per heavy atom. The van der Waals surface area contributed by atoms with Gasteiger partial charge in [-0.15, -0.1) is 0 Å². The van der Waals surface area contributed by atoms with Gasteiger partial charge in [0, 0.05) is 0 Å². The van der Waals surface area contributed by atoms with Crippen LogP contribution in [0.5, 0.6) is 0 Å². The van der Waals surface area contributed by atoms with Crippen molar-refractivity contribution in [3.8, 4) is 0 Å². The lowest BCUT2D eigenvalue weighted by molar-refractivity contribution is 0.411. The zero-order chi connectivity index (χ0) is 9.23. The lowest BCUT2D eigenvalue weighted by Crippen LogP contribution is -2.12. The van der Waals surface area contributed by atoms with Crippen LogP contribution in [-0.4, -0.2) is 13.6 Å². The second kappa shape index (κ2) is 9.05. The molecule has 0 aromatic heterocycles. The van der Waals surface area contributed by atoms with Gasteiger partial charge in [0.15, 0.2) is 0 Å². The molecule has 1 unspecified atom stereocenters. The first kappa shape index (κ1) is 12.0. The van der Waals surface area contributed by atoms with Gasteiger partial charge in [-0.05, 0) is 25.9 Å². The molecule has 1 nitrogen and oxygen atoms in total. The van der Waals surface area contributed by atoms with Gasteiger partial charge in [-0.3, -0.25) is 0 Å². The van der Waals surface area contributed by atoms with E-state index in [9.17, 15) is 0 Å². The van der Waals surface area contributed by atoms with E-state index in [1.165, 1.54) is 45.1 Å². The smallest absolute Gasteiger partial charge is 0.00493 e. The van der Waals surface area contributed by atoms with E-state index in [1.807, 2.05) is 7.05 Å². The third-order valence-corrected chi connectivity index (χ3v) is 2.60. The van der Waals surface area contributed by atoms with E-state index in [2.05, 4.69) is 19.2 Å². The highest BCUT2D eigenvalue weighted by atomic mass is 14.8. The predicted molar refractivity (Wildman–Crippen MR) is 56.5 cm³/mol. The summed E-state index contributed by atoms with van der Waals surface area (Å²) in [5.41, 5.74) is 0. The fraction of sp³-hybridized carbons (Fsp3) is 1.00. The monoisotopic (exact) mass is 171 g/mol. The molecule has 0 aliphatic rings. The Labute approximate surface area is 77.9 Å². The fourth-order valence-corrected chi connectivity index (χ4v) is 1.58. The van der Waals surface area contributed by atoms with Crippen molar-refractivity contribution in [3.63, 3.8) is 0 Å². The highest BCUT2D eigenvalue weighted by molar-refractivity contribution is 4.58. The van der Waals surface area contributed by atoms with Gasteiger partial charge in [0.05, 0.1) is 0 Å². The van der Waals surface area contributed by atoms with Crippen molar-refractivity contribution in [2.45, 2.75) is 52.4 Å². The van der Waals surface area contributed by atoms with Crippen LogP contribution in [0.2, 0.25) is 0 Å². The molecule has 12 heavy (non-hydrogen) atoms. The van der Waals surface area contributed by atoms with Crippen LogP contribution in [0, 0.1) is 5.92 Å². The first-order valence-corrected chi connectivity index (χ1v) is 5.49. The van der Waals surface area contributed by atoms with E-state index in [-0.39, 0.29) is 0 Å². The first-order chi connectivity index (χ1) is 5.85. The van der Waals surface area contributed by atoms with E-state index < -0.39 is 0 Å². The van der Waals surface area contributed by atoms with E-state index in [4.69, 9.17) is 0 Å². The number of rotatable bonds is 8. The Morgan fingerprint density at radius 2 is 1.83 bits per heavy atom. The summed E-state index contributed by atoms with van der Waals surface area (Å²) in [5, 5.41) is 3.22. The summed E-state index contributed by atoms with van der Waals surface area (Å²) in [6.07, 6.45) is 8.34. The molecule has 0 aromatic rings. The van der Waals surface area contributed by atoms with Crippen molar-refractivity contribution in [1.29, 1.82) is 0 Å². The minimum Gasteiger partial charge on any atom is -0.320 e. The van der Waals surface area contributed by atoms with Crippen LogP contribution in [0.3, 0.4) is 0 Å². The molecular formula is C11H25N. The van der Waals surface area contributed by atoms with Gasteiger partial charge in [-0.1, -0.05) is 46.0 Å². The molecule has 0 fully saturated rings. The van der Waals surface area contributed by atoms with Gasteiger partial charge in [0.2, 0.25) is 0 Å². The molecule has 0 saturated heterocycles. The Balaban J connectivity index is 3.26. The number of unbranched alkanes of at least 4 members (excludes halogenated alkanes) is 2. The highest BCUT2D eigenvalue weighted by Gasteiger charge is 2.04.